The van der Waals surface area contributed by atoms with Gasteiger partial charge in [0.05, 0.1) is 7.18 Å². The molecular formula is C64H112FN3S2. The molecule has 0 aliphatic carbocycles. The topological polar surface area (TPSA) is 27.3 Å². The van der Waals surface area contributed by atoms with Gasteiger partial charge in [0.1, 0.15) is 0 Å². The molecule has 2 aliphatic heterocycles. The lowest BCUT2D eigenvalue weighted by atomic mass is 9.84. The predicted octanol–water partition coefficient (Wildman–Crippen LogP) is 21.4. The Morgan fingerprint density at radius 2 is 1.46 bits per heavy atom. The lowest BCUT2D eigenvalue weighted by Crippen LogP contribution is -2.32. The fourth-order valence-corrected chi connectivity index (χ4v) is 9.55. The highest BCUT2D eigenvalue weighted by Crippen LogP contribution is 2.39. The number of rotatable bonds is 14. The molecule has 0 amide bonds. The van der Waals surface area contributed by atoms with Crippen LogP contribution in [0.4, 0.5) is 15.8 Å². The van der Waals surface area contributed by atoms with Gasteiger partial charge in [-0.3, -0.25) is 4.39 Å². The van der Waals surface area contributed by atoms with Crippen LogP contribution in [-0.2, 0) is 6.42 Å². The molecule has 0 radical (unpaired) electrons. The van der Waals surface area contributed by atoms with Gasteiger partial charge in [-0.1, -0.05) is 217 Å². The Bertz CT molecular complexity index is 1670. The minimum atomic E-state index is 0. The van der Waals surface area contributed by atoms with Crippen molar-refractivity contribution in [2.75, 3.05) is 37.2 Å². The van der Waals surface area contributed by atoms with Crippen LogP contribution in [0.25, 0.3) is 11.1 Å². The molecule has 3 nitrogen and oxygen atoms in total. The van der Waals surface area contributed by atoms with Gasteiger partial charge in [0, 0.05) is 59.5 Å². The molecule has 4 unspecified atom stereocenters. The average molecular weight is 1010 g/mol. The number of benzene rings is 2. The molecule has 4 bridgehead atoms. The van der Waals surface area contributed by atoms with Crippen molar-refractivity contribution in [1.82, 2.24) is 5.32 Å². The van der Waals surface area contributed by atoms with Crippen molar-refractivity contribution in [1.29, 1.82) is 0 Å². The Kier molecular flexibility index (Phi) is 50.1. The normalized spacial score (nSPS) is 17.6. The van der Waals surface area contributed by atoms with E-state index in [1.165, 1.54) is 108 Å². The molecule has 2 N–H and O–H groups in total. The summed E-state index contributed by atoms with van der Waals surface area (Å²) in [7, 11) is 8.65. The zero-order chi connectivity index (χ0) is 53.2. The van der Waals surface area contributed by atoms with Crippen molar-refractivity contribution in [3.05, 3.63) is 134 Å². The third kappa shape index (κ3) is 35.7. The first-order chi connectivity index (χ1) is 33.0. The van der Waals surface area contributed by atoms with Crippen molar-refractivity contribution < 1.29 is 4.39 Å². The number of fused-ring (bicyclic) bond motifs is 6. The van der Waals surface area contributed by atoms with Crippen LogP contribution in [0.2, 0.25) is 0 Å². The van der Waals surface area contributed by atoms with Crippen molar-refractivity contribution >= 4 is 33.0 Å². The highest BCUT2D eigenvalue weighted by Gasteiger charge is 2.26. The van der Waals surface area contributed by atoms with Gasteiger partial charge in [-0.25, -0.2) is 0 Å². The SMILES string of the molecule is C.C=C(C)C(C)C.C=C1NC2C/C=C/C=C/Cc3cc(C)c(-c4ccc(NC)cc4)c(c3)N(C)C(=C)CC(CCCC2)C1C.C=CCCCSSC(C)CCC=C.CC.CC(C)C.CCCCC.CF. The number of hydrogen-bond acceptors (Lipinski definition) is 5. The highest BCUT2D eigenvalue weighted by molar-refractivity contribution is 8.76. The second-order valence-corrected chi connectivity index (χ2v) is 22.0. The van der Waals surface area contributed by atoms with Gasteiger partial charge < -0.3 is 15.5 Å². The molecule has 2 heterocycles. The summed E-state index contributed by atoms with van der Waals surface area (Å²) >= 11 is 0. The fourth-order valence-electron chi connectivity index (χ4n) is 7.08. The first-order valence-corrected chi connectivity index (χ1v) is 29.0. The molecule has 0 spiro atoms. The van der Waals surface area contributed by atoms with E-state index in [4.69, 9.17) is 0 Å². The molecule has 2 aromatic rings. The van der Waals surface area contributed by atoms with Gasteiger partial charge >= 0.3 is 0 Å². The Balaban J connectivity index is -0.000000540. The third-order valence-corrected chi connectivity index (χ3v) is 14.7. The van der Waals surface area contributed by atoms with Crippen molar-refractivity contribution in [3.8, 4) is 11.1 Å². The molecule has 2 aromatic carbocycles. The monoisotopic (exact) mass is 1010 g/mol. The summed E-state index contributed by atoms with van der Waals surface area (Å²) in [5.74, 6) is 3.68. The first-order valence-electron chi connectivity index (χ1n) is 26.6. The van der Waals surface area contributed by atoms with Crippen LogP contribution in [0, 0.1) is 30.6 Å². The van der Waals surface area contributed by atoms with E-state index < -0.39 is 0 Å². The fraction of sp³-hybridized carbons (Fsp3) is 0.594. The smallest absolute Gasteiger partial charge is 0.0785 e. The lowest BCUT2D eigenvalue weighted by Gasteiger charge is -2.32. The maximum Gasteiger partial charge on any atom is 0.0785 e. The second-order valence-electron chi connectivity index (χ2n) is 19.1. The molecule has 70 heavy (non-hydrogen) atoms. The standard InChI is InChI=1S/C34H45N3.C11H20S2.C6H12.C5H12.C4H10.C2H6.CH3F.CH4/c1-24-21-28-13-9-7-8-10-15-32-16-12-11-14-30(26(3)27(4)36-32)22-25(2)37(6)33(23-28)34(24)29-17-19-31(35-5)20-18-29;1-4-6-8-10-12-13-11(3)9-7-5-2;1-5(2)6(3)4;1-3-5-4-2;1-4(2)3;2*1-2;/h7-10,17-21,23,26,30,32,35-36H,2,4,11-16,22H2,1,3,5-6H3;4-5,11H,1-2,6-10H2,3H3;6H,1H2,2-4H3;3-5H2,1-2H3;4H,1-3H3;1-2H3;1H3;1H4/b9-7+,10-8+;;;;;;;. The third-order valence-electron chi connectivity index (χ3n) is 11.7. The molecule has 0 aromatic heterocycles. The Hall–Kier alpha value is -3.35. The molecule has 2 aliphatic rings. The summed E-state index contributed by atoms with van der Waals surface area (Å²) in [5, 5.41) is 7.79. The zero-order valence-corrected chi connectivity index (χ0v) is 49.3. The number of aryl methyl sites for hydroxylation is 1. The first kappa shape index (κ1) is 73.2. The summed E-state index contributed by atoms with van der Waals surface area (Å²) in [6.07, 6.45) is 29.7. The van der Waals surface area contributed by atoms with Gasteiger partial charge in [-0.15, -0.1) is 13.2 Å². The van der Waals surface area contributed by atoms with Gasteiger partial charge in [0.15, 0.2) is 0 Å². The van der Waals surface area contributed by atoms with E-state index in [1.54, 1.807) is 0 Å². The minimum Gasteiger partial charge on any atom is -0.388 e. The molecule has 6 heteroatoms. The number of allylic oxidation sites excluding steroid dienone is 8. The quantitative estimate of drug-likeness (QED) is 0.112. The number of unbranched alkanes of at least 4 members (excludes halogenated alkanes) is 3. The van der Waals surface area contributed by atoms with E-state index in [1.807, 2.05) is 61.6 Å². The van der Waals surface area contributed by atoms with E-state index in [-0.39, 0.29) is 7.43 Å². The average Bonchev–Trinajstić information content (AvgIpc) is 3.39. The lowest BCUT2D eigenvalue weighted by molar-refractivity contribution is 0.355. The van der Waals surface area contributed by atoms with Gasteiger partial charge in [0.25, 0.3) is 0 Å². The highest BCUT2D eigenvalue weighted by atomic mass is 33.1. The van der Waals surface area contributed by atoms with E-state index in [9.17, 15) is 4.39 Å². The molecule has 1 saturated heterocycles. The van der Waals surface area contributed by atoms with E-state index in [2.05, 4.69) is 185 Å². The summed E-state index contributed by atoms with van der Waals surface area (Å²) in [6, 6.07) is 13.9. The molecular weight excluding hydrogens is 894 g/mol. The van der Waals surface area contributed by atoms with Gasteiger partial charge in [0.2, 0.25) is 0 Å². The Morgan fingerprint density at radius 3 is 1.97 bits per heavy atom. The van der Waals surface area contributed by atoms with E-state index in [0.29, 0.717) is 31.0 Å². The molecule has 4 rings (SSSR count). The number of alkyl halides is 1. The number of nitrogens with one attached hydrogen (secondary N) is 2. The number of anilines is 2. The van der Waals surface area contributed by atoms with E-state index >= 15 is 0 Å². The maximum absolute atomic E-state index is 9.50. The van der Waals surface area contributed by atoms with Gasteiger partial charge in [-0.05, 0) is 130 Å². The van der Waals surface area contributed by atoms with Crippen LogP contribution in [-0.4, -0.2) is 38.3 Å². The summed E-state index contributed by atoms with van der Waals surface area (Å²) in [6.45, 7) is 48.4. The maximum atomic E-state index is 9.50. The summed E-state index contributed by atoms with van der Waals surface area (Å²) in [4.78, 5) is 2.35. The van der Waals surface area contributed by atoms with E-state index in [0.717, 1.165) is 49.0 Å². The van der Waals surface area contributed by atoms with Crippen molar-refractivity contribution in [2.45, 2.75) is 199 Å². The number of nitrogens with zero attached hydrogens (tertiary/aromatic N) is 1. The predicted molar refractivity (Wildman–Crippen MR) is 331 cm³/mol. The second kappa shape index (κ2) is 47.9. The number of hydrogen-bond donors (Lipinski definition) is 2. The summed E-state index contributed by atoms with van der Waals surface area (Å²) < 4.78 is 9.50. The Labute approximate surface area is 444 Å². The van der Waals surface area contributed by atoms with Crippen molar-refractivity contribution in [2.24, 2.45) is 23.7 Å². The molecule has 1 fully saturated rings. The summed E-state index contributed by atoms with van der Waals surface area (Å²) in [5.41, 5.74) is 11.1. The minimum absolute atomic E-state index is 0. The largest absolute Gasteiger partial charge is 0.388 e. The zero-order valence-electron chi connectivity index (χ0n) is 47.7. The number of halogens is 1. The van der Waals surface area contributed by atoms with Crippen LogP contribution in [0.5, 0.6) is 0 Å². The van der Waals surface area contributed by atoms with Gasteiger partial charge in [-0.2, -0.15) is 0 Å². The molecule has 0 saturated carbocycles. The Morgan fingerprint density at radius 1 is 0.900 bits per heavy atom. The van der Waals surface area contributed by atoms with Crippen LogP contribution >= 0.6 is 21.6 Å². The van der Waals surface area contributed by atoms with Crippen molar-refractivity contribution in [3.63, 3.8) is 0 Å². The van der Waals surface area contributed by atoms with Crippen LogP contribution in [0.3, 0.4) is 0 Å². The van der Waals surface area contributed by atoms with Crippen LogP contribution in [0.1, 0.15) is 185 Å². The van der Waals surface area contributed by atoms with Crippen LogP contribution in [0.15, 0.2) is 123 Å². The van der Waals surface area contributed by atoms with Crippen LogP contribution < -0.4 is 15.5 Å². The molecule has 4 atom stereocenters. The molecule has 402 valence electrons.